The number of nitrogens with zero attached hydrogens (tertiary/aromatic N) is 3. The van der Waals surface area contributed by atoms with Gasteiger partial charge in [-0.25, -0.2) is 8.42 Å². The van der Waals surface area contributed by atoms with Gasteiger partial charge in [-0.1, -0.05) is 36.4 Å². The molecule has 0 radical (unpaired) electrons. The molecule has 7 nitrogen and oxygen atoms in total. The van der Waals surface area contributed by atoms with Gasteiger partial charge in [-0.2, -0.15) is 9.19 Å². The van der Waals surface area contributed by atoms with Gasteiger partial charge in [0, 0.05) is 6.20 Å². The number of carbonyl (C=O) groups is 1. The first kappa shape index (κ1) is 15.9. The Morgan fingerprint density at radius 2 is 1.83 bits per heavy atom. The molecule has 2 aromatic heterocycles. The molecule has 0 atom stereocenters. The molecular formula is C16H14N4O3S. The SMILES string of the molecule is O=C(Nc1cnn(S(=O)(=O)Cc2ccccc2)c1)c1ccccn1. The number of rotatable bonds is 5. The Morgan fingerprint density at radius 1 is 1.08 bits per heavy atom. The molecule has 1 N–H and O–H groups in total. The van der Waals surface area contributed by atoms with Gasteiger partial charge in [0.15, 0.2) is 0 Å². The highest BCUT2D eigenvalue weighted by Gasteiger charge is 2.17. The number of hydrogen-bond donors (Lipinski definition) is 1. The second-order valence-electron chi connectivity index (χ2n) is 5.01. The highest BCUT2D eigenvalue weighted by Crippen LogP contribution is 2.12. The molecule has 0 saturated carbocycles. The minimum atomic E-state index is -3.65. The van der Waals surface area contributed by atoms with Crippen LogP contribution in [0.2, 0.25) is 0 Å². The van der Waals surface area contributed by atoms with Crippen LogP contribution in [0, 0.1) is 0 Å². The Bertz CT molecular complexity index is 938. The van der Waals surface area contributed by atoms with Crippen LogP contribution < -0.4 is 5.32 Å². The minimum Gasteiger partial charge on any atom is -0.318 e. The van der Waals surface area contributed by atoms with E-state index in [-0.39, 0.29) is 17.1 Å². The normalized spacial score (nSPS) is 11.2. The van der Waals surface area contributed by atoms with Gasteiger partial charge in [0.05, 0.1) is 23.8 Å². The largest absolute Gasteiger partial charge is 0.318 e. The van der Waals surface area contributed by atoms with Crippen LogP contribution in [0.4, 0.5) is 5.69 Å². The van der Waals surface area contributed by atoms with Crippen LogP contribution in [-0.4, -0.2) is 28.5 Å². The molecular weight excluding hydrogens is 328 g/mol. The molecule has 122 valence electrons. The van der Waals surface area contributed by atoms with Crippen molar-refractivity contribution >= 4 is 21.6 Å². The highest BCUT2D eigenvalue weighted by atomic mass is 32.2. The molecule has 0 bridgehead atoms. The van der Waals surface area contributed by atoms with Crippen molar-refractivity contribution in [2.45, 2.75) is 5.75 Å². The van der Waals surface area contributed by atoms with Crippen molar-refractivity contribution in [1.82, 2.24) is 14.2 Å². The molecule has 1 amide bonds. The smallest absolute Gasteiger partial charge is 0.274 e. The van der Waals surface area contributed by atoms with Crippen molar-refractivity contribution < 1.29 is 13.2 Å². The zero-order valence-corrected chi connectivity index (χ0v) is 13.3. The number of amides is 1. The van der Waals surface area contributed by atoms with E-state index in [2.05, 4.69) is 15.4 Å². The molecule has 2 heterocycles. The van der Waals surface area contributed by atoms with Gasteiger partial charge >= 0.3 is 0 Å². The number of benzene rings is 1. The maximum absolute atomic E-state index is 12.3. The molecule has 0 aliphatic rings. The first-order chi connectivity index (χ1) is 11.5. The quantitative estimate of drug-likeness (QED) is 0.764. The van der Waals surface area contributed by atoms with Crippen LogP contribution in [0.3, 0.4) is 0 Å². The Balaban J connectivity index is 1.74. The summed E-state index contributed by atoms with van der Waals surface area (Å²) >= 11 is 0. The third kappa shape index (κ3) is 3.66. The zero-order valence-electron chi connectivity index (χ0n) is 12.5. The molecule has 0 aliphatic heterocycles. The van der Waals surface area contributed by atoms with E-state index in [0.29, 0.717) is 5.56 Å². The third-order valence-corrected chi connectivity index (χ3v) is 4.66. The second kappa shape index (κ2) is 6.63. The number of pyridine rings is 1. The van der Waals surface area contributed by atoms with Crippen molar-refractivity contribution in [3.63, 3.8) is 0 Å². The number of nitrogens with one attached hydrogen (secondary N) is 1. The van der Waals surface area contributed by atoms with E-state index in [1.165, 1.54) is 18.6 Å². The number of aromatic nitrogens is 3. The average molecular weight is 342 g/mol. The Labute approximate surface area is 139 Å². The fraction of sp³-hybridized carbons (Fsp3) is 0.0625. The van der Waals surface area contributed by atoms with Crippen LogP contribution >= 0.6 is 0 Å². The van der Waals surface area contributed by atoms with Crippen molar-refractivity contribution in [3.05, 3.63) is 78.4 Å². The van der Waals surface area contributed by atoms with E-state index in [0.717, 1.165) is 4.09 Å². The summed E-state index contributed by atoms with van der Waals surface area (Å²) in [5, 5.41) is 6.39. The molecule has 3 aromatic rings. The maximum Gasteiger partial charge on any atom is 0.274 e. The minimum absolute atomic E-state index is 0.177. The lowest BCUT2D eigenvalue weighted by atomic mass is 10.2. The lowest BCUT2D eigenvalue weighted by Gasteiger charge is -2.04. The fourth-order valence-electron chi connectivity index (χ4n) is 2.06. The Hall–Kier alpha value is -3.00. The van der Waals surface area contributed by atoms with E-state index in [1.54, 1.807) is 42.5 Å². The van der Waals surface area contributed by atoms with Gasteiger partial charge in [-0.05, 0) is 17.7 Å². The molecule has 0 fully saturated rings. The van der Waals surface area contributed by atoms with E-state index >= 15 is 0 Å². The summed E-state index contributed by atoms with van der Waals surface area (Å²) in [7, 11) is -3.65. The average Bonchev–Trinajstić information content (AvgIpc) is 3.06. The first-order valence-corrected chi connectivity index (χ1v) is 8.70. The summed E-state index contributed by atoms with van der Waals surface area (Å²) in [4.78, 5) is 15.9. The molecule has 1 aromatic carbocycles. The summed E-state index contributed by atoms with van der Waals surface area (Å²) in [6.07, 6.45) is 4.05. The number of anilines is 1. The third-order valence-electron chi connectivity index (χ3n) is 3.19. The first-order valence-electron chi connectivity index (χ1n) is 7.09. The molecule has 0 saturated heterocycles. The van der Waals surface area contributed by atoms with Crippen molar-refractivity contribution in [2.24, 2.45) is 0 Å². The van der Waals surface area contributed by atoms with Crippen LogP contribution in [0.5, 0.6) is 0 Å². The molecule has 8 heteroatoms. The van der Waals surface area contributed by atoms with Crippen molar-refractivity contribution in [2.75, 3.05) is 5.32 Å². The Morgan fingerprint density at radius 3 is 2.54 bits per heavy atom. The molecule has 0 spiro atoms. The lowest BCUT2D eigenvalue weighted by molar-refractivity contribution is 0.102. The van der Waals surface area contributed by atoms with Gasteiger partial charge < -0.3 is 5.32 Å². The zero-order chi connectivity index (χ0) is 17.0. The van der Waals surface area contributed by atoms with Crippen molar-refractivity contribution in [1.29, 1.82) is 0 Å². The van der Waals surface area contributed by atoms with Gasteiger partial charge in [0.25, 0.3) is 15.9 Å². The van der Waals surface area contributed by atoms with Crippen molar-refractivity contribution in [3.8, 4) is 0 Å². The summed E-state index contributed by atoms with van der Waals surface area (Å²) in [5.41, 5.74) is 1.17. The predicted molar refractivity (Wildman–Crippen MR) is 88.9 cm³/mol. The van der Waals surface area contributed by atoms with E-state index in [9.17, 15) is 13.2 Å². The monoisotopic (exact) mass is 342 g/mol. The van der Waals surface area contributed by atoms with Gasteiger partial charge in [-0.3, -0.25) is 9.78 Å². The second-order valence-corrected chi connectivity index (χ2v) is 6.84. The maximum atomic E-state index is 12.3. The van der Waals surface area contributed by atoms with Gasteiger partial charge in [-0.15, -0.1) is 0 Å². The number of carbonyl (C=O) groups excluding carboxylic acids is 1. The predicted octanol–water partition coefficient (Wildman–Crippen LogP) is 1.91. The van der Waals surface area contributed by atoms with E-state index in [4.69, 9.17) is 0 Å². The standard InChI is InChI=1S/C16H14N4O3S/c21-16(15-8-4-5-9-17-15)19-14-10-18-20(11-14)24(22,23)12-13-6-2-1-3-7-13/h1-11H,12H2,(H,19,21). The topological polar surface area (TPSA) is 94.0 Å². The van der Waals surface area contributed by atoms with Gasteiger partial charge in [0.2, 0.25) is 0 Å². The van der Waals surface area contributed by atoms with E-state index < -0.39 is 15.9 Å². The van der Waals surface area contributed by atoms with E-state index in [1.807, 2.05) is 6.07 Å². The fourth-order valence-corrected chi connectivity index (χ4v) is 3.28. The summed E-state index contributed by atoms with van der Waals surface area (Å²) in [5.74, 6) is -0.612. The van der Waals surface area contributed by atoms with Gasteiger partial charge in [0.1, 0.15) is 5.69 Å². The lowest BCUT2D eigenvalue weighted by Crippen LogP contribution is -2.16. The number of hydrogen-bond acceptors (Lipinski definition) is 5. The summed E-state index contributed by atoms with van der Waals surface area (Å²) in [6, 6.07) is 13.8. The van der Waals surface area contributed by atoms with Crippen LogP contribution in [0.1, 0.15) is 16.1 Å². The van der Waals surface area contributed by atoms with Crippen LogP contribution in [0.15, 0.2) is 67.1 Å². The van der Waals surface area contributed by atoms with Crippen LogP contribution in [0.25, 0.3) is 0 Å². The summed E-state index contributed by atoms with van der Waals surface area (Å²) in [6.45, 7) is 0. The molecule has 0 unspecified atom stereocenters. The highest BCUT2D eigenvalue weighted by molar-refractivity contribution is 7.89. The molecule has 3 rings (SSSR count). The summed E-state index contributed by atoms with van der Waals surface area (Å²) < 4.78 is 25.5. The van der Waals surface area contributed by atoms with Crippen LogP contribution in [-0.2, 0) is 15.8 Å². The Kier molecular flexibility index (Phi) is 4.39. The molecule has 24 heavy (non-hydrogen) atoms. The molecule has 0 aliphatic carbocycles.